The molecule has 6 nitrogen and oxygen atoms in total. The number of hydrogen-bond acceptors (Lipinski definition) is 4. The Bertz CT molecular complexity index is 790. The number of nitriles is 1. The number of carbonyl (C=O) groups excluding carboxylic acids is 2. The fraction of sp³-hybridized carbons (Fsp3) is 0.316. The number of likely N-dealkylation sites (N-methyl/N-ethyl adjacent to an activating group) is 1. The number of benzene rings is 1. The van der Waals surface area contributed by atoms with Crippen molar-refractivity contribution in [2.75, 3.05) is 13.6 Å². The van der Waals surface area contributed by atoms with Gasteiger partial charge < -0.3 is 14.2 Å². The topological polar surface area (TPSA) is 77.5 Å². The second kappa shape index (κ2) is 7.22. The molecule has 128 valence electrons. The summed E-state index contributed by atoms with van der Waals surface area (Å²) in [6.45, 7) is 0.991. The van der Waals surface area contributed by atoms with Crippen LogP contribution in [0.25, 0.3) is 0 Å². The van der Waals surface area contributed by atoms with E-state index in [0.29, 0.717) is 25.1 Å². The van der Waals surface area contributed by atoms with Gasteiger partial charge in [0, 0.05) is 20.1 Å². The molecule has 2 aromatic rings. The number of carbonyl (C=O) groups is 2. The summed E-state index contributed by atoms with van der Waals surface area (Å²) in [5, 5.41) is 8.84. The van der Waals surface area contributed by atoms with Crippen molar-refractivity contribution < 1.29 is 14.0 Å². The number of likely N-dealkylation sites (tertiary alicyclic amines) is 1. The summed E-state index contributed by atoms with van der Waals surface area (Å²) >= 11 is 0. The lowest BCUT2D eigenvalue weighted by Gasteiger charge is -2.27. The van der Waals surface area contributed by atoms with Crippen LogP contribution in [0, 0.1) is 11.3 Å². The molecule has 0 aliphatic carbocycles. The molecular weight excluding hydrogens is 318 g/mol. The van der Waals surface area contributed by atoms with E-state index in [4.69, 9.17) is 9.68 Å². The van der Waals surface area contributed by atoms with E-state index in [9.17, 15) is 9.59 Å². The van der Waals surface area contributed by atoms with Crippen molar-refractivity contribution in [1.82, 2.24) is 9.80 Å². The Balaban J connectivity index is 1.68. The monoisotopic (exact) mass is 337 g/mol. The average molecular weight is 337 g/mol. The smallest absolute Gasteiger partial charge is 0.290 e. The van der Waals surface area contributed by atoms with Crippen LogP contribution >= 0.6 is 0 Å². The second-order valence-electron chi connectivity index (χ2n) is 6.14. The summed E-state index contributed by atoms with van der Waals surface area (Å²) in [4.78, 5) is 28.5. The van der Waals surface area contributed by atoms with Gasteiger partial charge in [0.1, 0.15) is 6.04 Å². The molecule has 1 aromatic carbocycles. The highest BCUT2D eigenvalue weighted by atomic mass is 16.3. The minimum atomic E-state index is -0.457. The van der Waals surface area contributed by atoms with E-state index in [1.807, 2.05) is 12.1 Å². The normalized spacial score (nSPS) is 16.5. The molecule has 2 amide bonds. The van der Waals surface area contributed by atoms with Crippen LogP contribution < -0.4 is 0 Å². The fourth-order valence-electron chi connectivity index (χ4n) is 3.10. The predicted molar refractivity (Wildman–Crippen MR) is 90.4 cm³/mol. The molecule has 1 aromatic heterocycles. The first-order valence-corrected chi connectivity index (χ1v) is 8.18. The summed E-state index contributed by atoms with van der Waals surface area (Å²) in [6, 6.07) is 12.0. The van der Waals surface area contributed by atoms with Crippen LogP contribution in [0.15, 0.2) is 47.1 Å². The Kier molecular flexibility index (Phi) is 4.85. The van der Waals surface area contributed by atoms with E-state index in [-0.39, 0.29) is 17.6 Å². The van der Waals surface area contributed by atoms with Gasteiger partial charge in [0.2, 0.25) is 5.91 Å². The van der Waals surface area contributed by atoms with E-state index in [1.54, 1.807) is 41.1 Å². The molecule has 0 radical (unpaired) electrons. The Hall–Kier alpha value is -3.07. The van der Waals surface area contributed by atoms with Crippen molar-refractivity contribution in [2.24, 2.45) is 0 Å². The maximum Gasteiger partial charge on any atom is 0.290 e. The molecule has 3 rings (SSSR count). The summed E-state index contributed by atoms with van der Waals surface area (Å²) in [7, 11) is 1.73. The quantitative estimate of drug-likeness (QED) is 0.858. The van der Waals surface area contributed by atoms with E-state index in [0.717, 1.165) is 12.0 Å². The molecule has 1 unspecified atom stereocenters. The number of furan rings is 1. The van der Waals surface area contributed by atoms with E-state index < -0.39 is 6.04 Å². The SMILES string of the molecule is CN(Cc1ccc(C#N)cc1)C(=O)C1CCCN1C(=O)c1ccco1. The number of amides is 2. The predicted octanol–water partition coefficient (Wildman–Crippen LogP) is 2.41. The third-order valence-corrected chi connectivity index (χ3v) is 4.41. The zero-order valence-electron chi connectivity index (χ0n) is 14.0. The highest BCUT2D eigenvalue weighted by Gasteiger charge is 2.36. The van der Waals surface area contributed by atoms with Crippen LogP contribution in [-0.2, 0) is 11.3 Å². The summed E-state index contributed by atoms with van der Waals surface area (Å²) in [5.74, 6) is -0.0659. The number of hydrogen-bond donors (Lipinski definition) is 0. The lowest BCUT2D eigenvalue weighted by molar-refractivity contribution is -0.134. The van der Waals surface area contributed by atoms with Gasteiger partial charge in [-0.2, -0.15) is 5.26 Å². The highest BCUT2D eigenvalue weighted by Crippen LogP contribution is 2.22. The van der Waals surface area contributed by atoms with Crippen molar-refractivity contribution >= 4 is 11.8 Å². The summed E-state index contributed by atoms with van der Waals surface area (Å²) in [6.07, 6.45) is 2.91. The van der Waals surface area contributed by atoms with E-state index in [2.05, 4.69) is 6.07 Å². The number of rotatable bonds is 4. The van der Waals surface area contributed by atoms with Crippen LogP contribution in [0.4, 0.5) is 0 Å². The van der Waals surface area contributed by atoms with Crippen molar-refractivity contribution in [2.45, 2.75) is 25.4 Å². The molecule has 0 saturated carbocycles. The first kappa shape index (κ1) is 16.8. The minimum Gasteiger partial charge on any atom is -0.459 e. The van der Waals surface area contributed by atoms with Gasteiger partial charge in [-0.1, -0.05) is 12.1 Å². The molecular formula is C19H19N3O3. The molecule has 0 N–H and O–H groups in total. The zero-order valence-corrected chi connectivity index (χ0v) is 14.0. The van der Waals surface area contributed by atoms with Gasteiger partial charge in [0.05, 0.1) is 17.9 Å². The molecule has 2 heterocycles. The summed E-state index contributed by atoms with van der Waals surface area (Å²) in [5.41, 5.74) is 1.53. The van der Waals surface area contributed by atoms with Crippen molar-refractivity contribution in [3.63, 3.8) is 0 Å². The second-order valence-corrected chi connectivity index (χ2v) is 6.14. The zero-order chi connectivity index (χ0) is 17.8. The molecule has 1 aliphatic rings. The molecule has 0 spiro atoms. The standard InChI is InChI=1S/C19H19N3O3/c1-21(13-15-8-6-14(12-20)7-9-15)18(23)16-4-2-10-22(16)19(24)17-5-3-11-25-17/h3,5-9,11,16H,2,4,10,13H2,1H3. The molecule has 1 fully saturated rings. The van der Waals surface area contributed by atoms with Crippen molar-refractivity contribution in [1.29, 1.82) is 5.26 Å². The Morgan fingerprint density at radius 3 is 2.72 bits per heavy atom. The lowest BCUT2D eigenvalue weighted by atomic mass is 10.1. The minimum absolute atomic E-state index is 0.0817. The Morgan fingerprint density at radius 1 is 1.32 bits per heavy atom. The lowest BCUT2D eigenvalue weighted by Crippen LogP contribution is -2.46. The molecule has 0 bridgehead atoms. The van der Waals surface area contributed by atoms with Gasteiger partial charge >= 0.3 is 0 Å². The average Bonchev–Trinajstić information content (AvgIpc) is 3.32. The molecule has 1 atom stereocenters. The first-order chi connectivity index (χ1) is 12.1. The van der Waals surface area contributed by atoms with Crippen LogP contribution in [0.3, 0.4) is 0 Å². The first-order valence-electron chi connectivity index (χ1n) is 8.18. The number of nitrogens with zero attached hydrogens (tertiary/aromatic N) is 3. The van der Waals surface area contributed by atoms with Crippen molar-refractivity contribution in [3.05, 3.63) is 59.5 Å². The van der Waals surface area contributed by atoms with Crippen LogP contribution in [0.2, 0.25) is 0 Å². The maximum atomic E-state index is 12.8. The van der Waals surface area contributed by atoms with E-state index in [1.165, 1.54) is 6.26 Å². The largest absolute Gasteiger partial charge is 0.459 e. The molecule has 1 aliphatic heterocycles. The molecule has 25 heavy (non-hydrogen) atoms. The third-order valence-electron chi connectivity index (χ3n) is 4.41. The van der Waals surface area contributed by atoms with Crippen LogP contribution in [0.5, 0.6) is 0 Å². The van der Waals surface area contributed by atoms with Gasteiger partial charge in [-0.05, 0) is 42.7 Å². The van der Waals surface area contributed by atoms with Gasteiger partial charge in [-0.3, -0.25) is 9.59 Å². The van der Waals surface area contributed by atoms with Gasteiger partial charge in [-0.15, -0.1) is 0 Å². The summed E-state index contributed by atoms with van der Waals surface area (Å²) < 4.78 is 5.17. The fourth-order valence-corrected chi connectivity index (χ4v) is 3.10. The Morgan fingerprint density at radius 2 is 2.08 bits per heavy atom. The molecule has 6 heteroatoms. The van der Waals surface area contributed by atoms with Gasteiger partial charge in [0.25, 0.3) is 5.91 Å². The molecule has 1 saturated heterocycles. The van der Waals surface area contributed by atoms with Crippen LogP contribution in [-0.4, -0.2) is 41.2 Å². The van der Waals surface area contributed by atoms with E-state index >= 15 is 0 Å². The Labute approximate surface area is 146 Å². The maximum absolute atomic E-state index is 12.8. The van der Waals surface area contributed by atoms with Gasteiger partial charge in [-0.25, -0.2) is 0 Å². The third kappa shape index (κ3) is 3.56. The highest BCUT2D eigenvalue weighted by molar-refractivity contribution is 5.95. The van der Waals surface area contributed by atoms with Crippen LogP contribution in [0.1, 0.15) is 34.5 Å². The van der Waals surface area contributed by atoms with Crippen molar-refractivity contribution in [3.8, 4) is 6.07 Å². The van der Waals surface area contributed by atoms with Gasteiger partial charge in [0.15, 0.2) is 5.76 Å².